The maximum atomic E-state index is 13.9. The zero-order valence-corrected chi connectivity index (χ0v) is 11.8. The van der Waals surface area contributed by atoms with Crippen LogP contribution >= 0.6 is 11.6 Å². The van der Waals surface area contributed by atoms with Gasteiger partial charge in [0.1, 0.15) is 10.7 Å². The summed E-state index contributed by atoms with van der Waals surface area (Å²) in [6, 6.07) is 5.04. The maximum absolute atomic E-state index is 13.9. The number of rotatable bonds is 3. The molecule has 0 bridgehead atoms. The second kappa shape index (κ2) is 5.22. The summed E-state index contributed by atoms with van der Waals surface area (Å²) in [5.41, 5.74) is 5.81. The minimum absolute atomic E-state index is 0.0751. The van der Waals surface area contributed by atoms with Gasteiger partial charge in [-0.05, 0) is 36.8 Å². The Hall–Kier alpha value is -1.93. The van der Waals surface area contributed by atoms with Crippen LogP contribution in [0.5, 0.6) is 0 Å². The molecule has 1 aromatic carbocycles. The van der Waals surface area contributed by atoms with Gasteiger partial charge >= 0.3 is 0 Å². The van der Waals surface area contributed by atoms with Crippen molar-refractivity contribution in [2.75, 3.05) is 10.5 Å². The molecule has 0 aliphatic rings. The van der Waals surface area contributed by atoms with E-state index in [2.05, 4.69) is 14.9 Å². The van der Waals surface area contributed by atoms with Crippen LogP contribution in [-0.2, 0) is 10.0 Å². The SMILES string of the molecule is Cc1cc(N)cc(S(=O)(=O)Nc2ccc(Cl)nn2)c1F. The van der Waals surface area contributed by atoms with E-state index in [1.54, 1.807) is 0 Å². The molecule has 0 atom stereocenters. The van der Waals surface area contributed by atoms with Crippen LogP contribution in [0, 0.1) is 12.7 Å². The van der Waals surface area contributed by atoms with Crippen LogP contribution in [0.25, 0.3) is 0 Å². The van der Waals surface area contributed by atoms with Gasteiger partial charge in [-0.2, -0.15) is 0 Å². The van der Waals surface area contributed by atoms with E-state index in [4.69, 9.17) is 17.3 Å². The number of nitrogens with zero attached hydrogens (tertiary/aromatic N) is 2. The number of hydrogen-bond acceptors (Lipinski definition) is 5. The predicted octanol–water partition coefficient (Wildman–Crippen LogP) is 1.96. The van der Waals surface area contributed by atoms with E-state index in [0.29, 0.717) is 0 Å². The molecular weight excluding hydrogens is 307 g/mol. The van der Waals surface area contributed by atoms with Crippen molar-refractivity contribution in [3.63, 3.8) is 0 Å². The Labute approximate surface area is 119 Å². The number of nitrogens with one attached hydrogen (secondary N) is 1. The normalized spacial score (nSPS) is 11.3. The van der Waals surface area contributed by atoms with E-state index >= 15 is 0 Å². The minimum atomic E-state index is -4.15. The number of nitrogen functional groups attached to an aromatic ring is 1. The summed E-state index contributed by atoms with van der Waals surface area (Å²) in [5.74, 6) is -0.942. The lowest BCUT2D eigenvalue weighted by Crippen LogP contribution is -2.16. The highest BCUT2D eigenvalue weighted by Gasteiger charge is 2.22. The molecule has 2 rings (SSSR count). The van der Waals surface area contributed by atoms with Crippen molar-refractivity contribution in [1.82, 2.24) is 10.2 Å². The molecule has 0 aliphatic carbocycles. The van der Waals surface area contributed by atoms with Crippen molar-refractivity contribution in [3.05, 3.63) is 40.8 Å². The molecule has 2 aromatic rings. The highest BCUT2D eigenvalue weighted by atomic mass is 35.5. The predicted molar refractivity (Wildman–Crippen MR) is 73.4 cm³/mol. The van der Waals surface area contributed by atoms with Crippen molar-refractivity contribution >= 4 is 33.1 Å². The number of halogens is 2. The quantitative estimate of drug-likeness (QED) is 0.843. The Morgan fingerprint density at radius 2 is 2.00 bits per heavy atom. The van der Waals surface area contributed by atoms with Gasteiger partial charge in [-0.15, -0.1) is 10.2 Å². The highest BCUT2D eigenvalue weighted by molar-refractivity contribution is 7.92. The van der Waals surface area contributed by atoms with Crippen LogP contribution in [0.3, 0.4) is 0 Å². The lowest BCUT2D eigenvalue weighted by molar-refractivity contribution is 0.565. The summed E-state index contributed by atoms with van der Waals surface area (Å²) in [6.07, 6.45) is 0. The third kappa shape index (κ3) is 2.97. The first-order valence-corrected chi connectivity index (χ1v) is 7.23. The van der Waals surface area contributed by atoms with E-state index in [1.165, 1.54) is 25.1 Å². The Kier molecular flexibility index (Phi) is 3.78. The third-order valence-electron chi connectivity index (χ3n) is 2.40. The number of aryl methyl sites for hydroxylation is 1. The summed E-state index contributed by atoms with van der Waals surface area (Å²) in [5, 5.41) is 7.13. The Morgan fingerprint density at radius 1 is 1.30 bits per heavy atom. The van der Waals surface area contributed by atoms with Crippen LogP contribution in [0.4, 0.5) is 15.9 Å². The average Bonchev–Trinajstić information content (AvgIpc) is 2.36. The molecule has 0 unspecified atom stereocenters. The van der Waals surface area contributed by atoms with Crippen LogP contribution in [0.15, 0.2) is 29.2 Å². The van der Waals surface area contributed by atoms with Gasteiger partial charge in [0.05, 0.1) is 0 Å². The highest BCUT2D eigenvalue weighted by Crippen LogP contribution is 2.23. The molecule has 0 fully saturated rings. The van der Waals surface area contributed by atoms with Gasteiger partial charge in [0.2, 0.25) is 0 Å². The van der Waals surface area contributed by atoms with Gasteiger partial charge in [-0.3, -0.25) is 4.72 Å². The first-order valence-electron chi connectivity index (χ1n) is 5.37. The molecule has 6 nitrogen and oxygen atoms in total. The van der Waals surface area contributed by atoms with Crippen molar-refractivity contribution < 1.29 is 12.8 Å². The standard InChI is InChI=1S/C11H10ClFN4O2S/c1-6-4-7(14)5-8(11(6)13)20(18,19)17-10-3-2-9(12)15-16-10/h2-5H,14H2,1H3,(H,16,17). The van der Waals surface area contributed by atoms with Crippen molar-refractivity contribution in [1.29, 1.82) is 0 Å². The lowest BCUT2D eigenvalue weighted by atomic mass is 10.2. The Morgan fingerprint density at radius 3 is 2.60 bits per heavy atom. The summed E-state index contributed by atoms with van der Waals surface area (Å²) in [6.45, 7) is 1.42. The molecule has 1 heterocycles. The first-order chi connectivity index (χ1) is 9.29. The second-order valence-electron chi connectivity index (χ2n) is 4.00. The zero-order valence-electron chi connectivity index (χ0n) is 10.3. The molecule has 1 aromatic heterocycles. The minimum Gasteiger partial charge on any atom is -0.399 e. The van der Waals surface area contributed by atoms with Gasteiger partial charge in [-0.25, -0.2) is 12.8 Å². The zero-order chi connectivity index (χ0) is 14.9. The number of sulfonamides is 1. The van der Waals surface area contributed by atoms with E-state index in [1.807, 2.05) is 0 Å². The van der Waals surface area contributed by atoms with E-state index < -0.39 is 20.7 Å². The van der Waals surface area contributed by atoms with Crippen molar-refractivity contribution in [2.24, 2.45) is 0 Å². The summed E-state index contributed by atoms with van der Waals surface area (Å²) in [7, 11) is -4.15. The monoisotopic (exact) mass is 316 g/mol. The van der Waals surface area contributed by atoms with Crippen LogP contribution in [0.2, 0.25) is 5.15 Å². The fraction of sp³-hybridized carbons (Fsp3) is 0.0909. The fourth-order valence-electron chi connectivity index (χ4n) is 1.52. The molecule has 3 N–H and O–H groups in total. The average molecular weight is 317 g/mol. The molecule has 9 heteroatoms. The summed E-state index contributed by atoms with van der Waals surface area (Å²) < 4.78 is 40.2. The smallest absolute Gasteiger partial charge is 0.266 e. The van der Waals surface area contributed by atoms with E-state index in [-0.39, 0.29) is 22.2 Å². The van der Waals surface area contributed by atoms with Crippen LogP contribution in [-0.4, -0.2) is 18.6 Å². The van der Waals surface area contributed by atoms with Gasteiger partial charge in [0.15, 0.2) is 11.0 Å². The summed E-state index contributed by atoms with van der Waals surface area (Å²) in [4.78, 5) is -0.549. The molecule has 0 radical (unpaired) electrons. The third-order valence-corrected chi connectivity index (χ3v) is 3.96. The largest absolute Gasteiger partial charge is 0.399 e. The molecule has 0 spiro atoms. The van der Waals surface area contributed by atoms with Gasteiger partial charge < -0.3 is 5.73 Å². The number of aromatic nitrogens is 2. The number of anilines is 2. The van der Waals surface area contributed by atoms with Gasteiger partial charge in [0.25, 0.3) is 10.0 Å². The Balaban J connectivity index is 2.43. The molecule has 20 heavy (non-hydrogen) atoms. The van der Waals surface area contributed by atoms with Crippen LogP contribution < -0.4 is 10.5 Å². The van der Waals surface area contributed by atoms with Gasteiger partial charge in [-0.1, -0.05) is 11.6 Å². The van der Waals surface area contributed by atoms with Crippen molar-refractivity contribution in [3.8, 4) is 0 Å². The lowest BCUT2D eigenvalue weighted by Gasteiger charge is -2.10. The number of hydrogen-bond donors (Lipinski definition) is 2. The summed E-state index contributed by atoms with van der Waals surface area (Å²) >= 11 is 5.54. The molecule has 106 valence electrons. The number of nitrogens with two attached hydrogens (primary N) is 1. The molecule has 0 aliphatic heterocycles. The van der Waals surface area contributed by atoms with E-state index in [9.17, 15) is 12.8 Å². The van der Waals surface area contributed by atoms with E-state index in [0.717, 1.165) is 6.07 Å². The second-order valence-corrected chi connectivity index (χ2v) is 6.03. The topological polar surface area (TPSA) is 98.0 Å². The molecule has 0 saturated carbocycles. The fourth-order valence-corrected chi connectivity index (χ4v) is 2.81. The molecule has 0 saturated heterocycles. The van der Waals surface area contributed by atoms with Crippen molar-refractivity contribution in [2.45, 2.75) is 11.8 Å². The maximum Gasteiger partial charge on any atom is 0.266 e. The van der Waals surface area contributed by atoms with Crippen LogP contribution in [0.1, 0.15) is 5.56 Å². The number of benzene rings is 1. The Bertz CT molecular complexity index is 750. The first kappa shape index (κ1) is 14.5. The molecule has 0 amide bonds. The molecular formula is C11H10ClFN4O2S. The van der Waals surface area contributed by atoms with Gasteiger partial charge in [0, 0.05) is 5.69 Å².